The Bertz CT molecular complexity index is 295. The summed E-state index contributed by atoms with van der Waals surface area (Å²) in [6.45, 7) is 5.30. The summed E-state index contributed by atoms with van der Waals surface area (Å²) in [5.41, 5.74) is 0.399. The molecule has 0 aliphatic heterocycles. The van der Waals surface area contributed by atoms with E-state index in [2.05, 4.69) is 11.9 Å². The Morgan fingerprint density at radius 1 is 1.54 bits per heavy atom. The van der Waals surface area contributed by atoms with E-state index >= 15 is 0 Å². The van der Waals surface area contributed by atoms with Crippen molar-refractivity contribution in [3.05, 3.63) is 12.2 Å². The molecule has 0 aromatic carbocycles. The van der Waals surface area contributed by atoms with Gasteiger partial charge in [-0.1, -0.05) is 6.58 Å². The number of nitrogens with one attached hydrogen (secondary N) is 1. The van der Waals surface area contributed by atoms with Gasteiger partial charge in [0, 0.05) is 12.1 Å². The summed E-state index contributed by atoms with van der Waals surface area (Å²) in [5.74, 6) is -0.391. The van der Waals surface area contributed by atoms with E-state index in [1.54, 1.807) is 6.92 Å². The summed E-state index contributed by atoms with van der Waals surface area (Å²) < 4.78 is 20.9. The van der Waals surface area contributed by atoms with Gasteiger partial charge >= 0.3 is 0 Å². The number of amides is 1. The predicted molar refractivity (Wildman–Crippen MR) is 50.4 cm³/mol. The Morgan fingerprint density at radius 3 is 2.46 bits per heavy atom. The zero-order valence-corrected chi connectivity index (χ0v) is 8.36. The maximum absolute atomic E-state index is 10.9. The summed E-state index contributed by atoms with van der Waals surface area (Å²) in [5, 5.41) is 7.25. The molecule has 0 radical (unpaired) electrons. The summed E-state index contributed by atoms with van der Waals surface area (Å²) in [7, 11) is -3.42. The molecule has 0 bridgehead atoms. The molecule has 0 aliphatic carbocycles. The molecule has 0 aromatic rings. The van der Waals surface area contributed by atoms with Gasteiger partial charge in [-0.05, 0) is 13.3 Å². The van der Waals surface area contributed by atoms with Gasteiger partial charge in [0.15, 0.2) is 0 Å². The molecule has 0 atom stereocenters. The van der Waals surface area contributed by atoms with Crippen LogP contribution in [-0.4, -0.2) is 26.6 Å². The van der Waals surface area contributed by atoms with Crippen molar-refractivity contribution in [1.29, 1.82) is 0 Å². The number of rotatable bonds is 5. The first kappa shape index (κ1) is 12.1. The van der Waals surface area contributed by atoms with Gasteiger partial charge in [0.1, 0.15) is 0 Å². The summed E-state index contributed by atoms with van der Waals surface area (Å²) in [6, 6.07) is 0. The van der Waals surface area contributed by atoms with Gasteiger partial charge < -0.3 is 5.32 Å². The lowest BCUT2D eigenvalue weighted by Gasteiger charge is -2.02. The summed E-state index contributed by atoms with van der Waals surface area (Å²) in [4.78, 5) is 10.9. The second-order valence-electron chi connectivity index (χ2n) is 2.76. The van der Waals surface area contributed by atoms with Crippen LogP contribution in [0.2, 0.25) is 0 Å². The normalized spacial score (nSPS) is 10.9. The van der Waals surface area contributed by atoms with Crippen LogP contribution >= 0.6 is 0 Å². The maximum Gasteiger partial charge on any atom is 0.246 e. The van der Waals surface area contributed by atoms with Crippen LogP contribution in [-0.2, 0) is 14.8 Å². The quantitative estimate of drug-likeness (QED) is 0.463. The van der Waals surface area contributed by atoms with Crippen molar-refractivity contribution in [2.45, 2.75) is 13.3 Å². The van der Waals surface area contributed by atoms with Crippen LogP contribution in [0, 0.1) is 0 Å². The highest BCUT2D eigenvalue weighted by atomic mass is 32.2. The fourth-order valence-corrected chi connectivity index (χ4v) is 1.17. The molecular formula is C7H14N2O3S. The number of primary sulfonamides is 1. The number of hydrogen-bond donors (Lipinski definition) is 2. The monoisotopic (exact) mass is 206 g/mol. The molecule has 0 unspecified atom stereocenters. The zero-order chi connectivity index (χ0) is 10.5. The van der Waals surface area contributed by atoms with Crippen LogP contribution in [0.5, 0.6) is 0 Å². The zero-order valence-electron chi connectivity index (χ0n) is 7.54. The molecule has 0 saturated heterocycles. The Hall–Kier alpha value is -0.880. The highest BCUT2D eigenvalue weighted by Crippen LogP contribution is 1.87. The van der Waals surface area contributed by atoms with Crippen molar-refractivity contribution in [2.75, 3.05) is 12.3 Å². The SMILES string of the molecule is C=C(C)C(=O)NCCCS(N)(=O)=O. The summed E-state index contributed by atoms with van der Waals surface area (Å²) in [6.07, 6.45) is 0.317. The molecule has 5 nitrogen and oxygen atoms in total. The first-order valence-electron chi connectivity index (χ1n) is 3.77. The van der Waals surface area contributed by atoms with Crippen LogP contribution in [0.1, 0.15) is 13.3 Å². The smallest absolute Gasteiger partial charge is 0.246 e. The van der Waals surface area contributed by atoms with Gasteiger partial charge in [-0.15, -0.1) is 0 Å². The third kappa shape index (κ3) is 7.48. The van der Waals surface area contributed by atoms with Crippen molar-refractivity contribution in [2.24, 2.45) is 5.14 Å². The van der Waals surface area contributed by atoms with Crippen molar-refractivity contribution < 1.29 is 13.2 Å². The molecule has 13 heavy (non-hydrogen) atoms. The number of hydrogen-bond acceptors (Lipinski definition) is 3. The molecule has 3 N–H and O–H groups in total. The van der Waals surface area contributed by atoms with E-state index in [4.69, 9.17) is 5.14 Å². The number of carbonyl (C=O) groups excluding carboxylic acids is 1. The first-order chi connectivity index (χ1) is 5.83. The maximum atomic E-state index is 10.9. The molecule has 0 aliphatic rings. The molecule has 0 saturated carbocycles. The third-order valence-electron chi connectivity index (χ3n) is 1.28. The Morgan fingerprint density at radius 2 is 2.08 bits per heavy atom. The Kier molecular flexibility index (Phi) is 4.64. The van der Waals surface area contributed by atoms with Crippen LogP contribution < -0.4 is 10.5 Å². The molecule has 6 heteroatoms. The second-order valence-corrected chi connectivity index (χ2v) is 4.49. The highest BCUT2D eigenvalue weighted by Gasteiger charge is 2.03. The van der Waals surface area contributed by atoms with Crippen LogP contribution in [0.4, 0.5) is 0 Å². The lowest BCUT2D eigenvalue weighted by Crippen LogP contribution is -2.27. The molecule has 76 valence electrons. The lowest BCUT2D eigenvalue weighted by atomic mass is 10.3. The first-order valence-corrected chi connectivity index (χ1v) is 5.48. The van der Waals surface area contributed by atoms with Gasteiger partial charge in [0.05, 0.1) is 5.75 Å². The largest absolute Gasteiger partial charge is 0.352 e. The topological polar surface area (TPSA) is 89.3 Å². The minimum absolute atomic E-state index is 0.122. The van der Waals surface area contributed by atoms with Gasteiger partial charge in [0.25, 0.3) is 0 Å². The molecule has 0 heterocycles. The van der Waals surface area contributed by atoms with Gasteiger partial charge in [-0.3, -0.25) is 4.79 Å². The molecule has 0 fully saturated rings. The van der Waals surface area contributed by atoms with Gasteiger partial charge in [0.2, 0.25) is 15.9 Å². The molecule has 1 amide bonds. The molecule has 0 rings (SSSR count). The standard InChI is InChI=1S/C7H14N2O3S/c1-6(2)7(10)9-4-3-5-13(8,11)12/h1,3-5H2,2H3,(H,9,10)(H2,8,11,12). The van der Waals surface area contributed by atoms with Crippen molar-refractivity contribution in [1.82, 2.24) is 5.32 Å². The van der Waals surface area contributed by atoms with Crippen LogP contribution in [0.3, 0.4) is 0 Å². The average molecular weight is 206 g/mol. The van der Waals surface area contributed by atoms with Gasteiger partial charge in [-0.2, -0.15) is 0 Å². The van der Waals surface area contributed by atoms with E-state index in [9.17, 15) is 13.2 Å². The van der Waals surface area contributed by atoms with E-state index in [1.807, 2.05) is 0 Å². The lowest BCUT2D eigenvalue weighted by molar-refractivity contribution is -0.117. The fourth-order valence-electron chi connectivity index (χ4n) is 0.626. The van der Waals surface area contributed by atoms with Gasteiger partial charge in [-0.25, -0.2) is 13.6 Å². The van der Waals surface area contributed by atoms with Crippen LogP contribution in [0.25, 0.3) is 0 Å². The average Bonchev–Trinajstić information content (AvgIpc) is 1.95. The minimum Gasteiger partial charge on any atom is -0.352 e. The third-order valence-corrected chi connectivity index (χ3v) is 2.14. The number of carbonyl (C=O) groups is 1. The Labute approximate surface area is 78.1 Å². The van der Waals surface area contributed by atoms with E-state index in [1.165, 1.54) is 0 Å². The van der Waals surface area contributed by atoms with E-state index in [0.717, 1.165) is 0 Å². The predicted octanol–water partition coefficient (Wildman–Crippen LogP) is -0.643. The Balaban J connectivity index is 3.59. The molecule has 0 spiro atoms. The second kappa shape index (κ2) is 4.98. The highest BCUT2D eigenvalue weighted by molar-refractivity contribution is 7.89. The number of sulfonamides is 1. The van der Waals surface area contributed by atoms with E-state index in [-0.39, 0.29) is 11.7 Å². The van der Waals surface area contributed by atoms with E-state index < -0.39 is 10.0 Å². The van der Waals surface area contributed by atoms with E-state index in [0.29, 0.717) is 18.5 Å². The number of nitrogens with two attached hydrogens (primary N) is 1. The summed E-state index contributed by atoms with van der Waals surface area (Å²) >= 11 is 0. The minimum atomic E-state index is -3.42. The molecule has 0 aromatic heterocycles. The fraction of sp³-hybridized carbons (Fsp3) is 0.571. The van der Waals surface area contributed by atoms with Crippen molar-refractivity contribution in [3.8, 4) is 0 Å². The van der Waals surface area contributed by atoms with Crippen LogP contribution in [0.15, 0.2) is 12.2 Å². The van der Waals surface area contributed by atoms with Crippen molar-refractivity contribution in [3.63, 3.8) is 0 Å². The molecular weight excluding hydrogens is 192 g/mol. The van der Waals surface area contributed by atoms with Crippen molar-refractivity contribution >= 4 is 15.9 Å².